The van der Waals surface area contributed by atoms with Crippen molar-refractivity contribution in [2.24, 2.45) is 5.92 Å². The van der Waals surface area contributed by atoms with Crippen LogP contribution in [-0.2, 0) is 15.2 Å². The molecule has 15 heteroatoms. The summed E-state index contributed by atoms with van der Waals surface area (Å²) in [4.78, 5) is 79.7. The molecule has 2 aromatic heterocycles. The number of anilines is 2. The van der Waals surface area contributed by atoms with Crippen molar-refractivity contribution in [3.8, 4) is 0 Å². The third kappa shape index (κ3) is 7.83. The lowest BCUT2D eigenvalue weighted by Gasteiger charge is -2.37. The largest absolute Gasteiger partial charge is 0.386 e. The first-order valence-corrected chi connectivity index (χ1v) is 22.1. The fourth-order valence-corrected chi connectivity index (χ4v) is 11.2. The second-order valence-corrected chi connectivity index (χ2v) is 18.8. The Hall–Kier alpha value is -5.09. The molecule has 2 aromatic carbocycles. The van der Waals surface area contributed by atoms with E-state index < -0.39 is 35.3 Å². The number of likely N-dealkylation sites (tertiary alicyclic amines) is 2. The van der Waals surface area contributed by atoms with Gasteiger partial charge < -0.3 is 15.7 Å². The molecule has 4 aliphatic heterocycles. The summed E-state index contributed by atoms with van der Waals surface area (Å²) in [7, 11) is 0. The lowest BCUT2D eigenvalue weighted by Crippen LogP contribution is -2.54. The number of pyridine rings is 1. The molecule has 5 amide bonds. The molecule has 3 atom stereocenters. The van der Waals surface area contributed by atoms with E-state index in [1.54, 1.807) is 49.4 Å². The maximum Gasteiger partial charge on any atom is 0.274 e. The molecule has 5 aliphatic rings. The van der Waals surface area contributed by atoms with Crippen molar-refractivity contribution in [1.29, 1.82) is 0 Å². The Bertz CT molecular complexity index is 2380. The first kappa shape index (κ1) is 40.3. The number of piperidine rings is 1. The van der Waals surface area contributed by atoms with Gasteiger partial charge in [0.1, 0.15) is 11.7 Å². The van der Waals surface area contributed by atoms with Gasteiger partial charge in [-0.2, -0.15) is 0 Å². The molecule has 4 fully saturated rings. The average Bonchev–Trinajstić information content (AvgIpc) is 3.98. The first-order chi connectivity index (χ1) is 28.8. The third-order valence-electron chi connectivity index (χ3n) is 13.1. The van der Waals surface area contributed by atoms with E-state index in [9.17, 15) is 29.1 Å². The van der Waals surface area contributed by atoms with Gasteiger partial charge in [0, 0.05) is 79.8 Å². The molecule has 0 radical (unpaired) electrons. The number of nitrogens with zero attached hydrogens (tertiary/aromatic N) is 5. The lowest BCUT2D eigenvalue weighted by molar-refractivity contribution is -0.136. The number of rotatable bonds is 12. The van der Waals surface area contributed by atoms with E-state index >= 15 is 0 Å². The average molecular weight is 833 g/mol. The van der Waals surface area contributed by atoms with Crippen LogP contribution in [0.5, 0.6) is 0 Å². The number of carbonyl (C=O) groups excluding carboxylic acids is 5. The number of benzene rings is 2. The highest BCUT2D eigenvalue weighted by molar-refractivity contribution is 7.18. The van der Waals surface area contributed by atoms with Crippen molar-refractivity contribution in [3.63, 3.8) is 0 Å². The Morgan fingerprint density at radius 2 is 1.70 bits per heavy atom. The number of fused-ring (bicyclic) bond motifs is 4. The van der Waals surface area contributed by atoms with Crippen LogP contribution in [0, 0.1) is 12.8 Å². The summed E-state index contributed by atoms with van der Waals surface area (Å²) in [6.45, 7) is 10.2. The van der Waals surface area contributed by atoms with Crippen LogP contribution in [0.25, 0.3) is 10.2 Å². The molecule has 60 heavy (non-hydrogen) atoms. The highest BCUT2D eigenvalue weighted by Gasteiger charge is 2.46. The summed E-state index contributed by atoms with van der Waals surface area (Å²) < 4.78 is 0.995. The monoisotopic (exact) mass is 832 g/mol. The van der Waals surface area contributed by atoms with Crippen LogP contribution < -0.4 is 16.0 Å². The predicted octanol–water partition coefficient (Wildman–Crippen LogP) is 5.42. The zero-order valence-electron chi connectivity index (χ0n) is 34.3. The molecule has 0 spiro atoms. The fourth-order valence-electron chi connectivity index (χ4n) is 10.1. The molecular formula is C45H52N8O6S. The maximum absolute atomic E-state index is 13.5. The Labute approximate surface area is 353 Å². The van der Waals surface area contributed by atoms with Gasteiger partial charge in [0.2, 0.25) is 11.8 Å². The van der Waals surface area contributed by atoms with Gasteiger partial charge in [0.05, 0.1) is 32.0 Å². The van der Waals surface area contributed by atoms with Gasteiger partial charge in [-0.15, -0.1) is 11.3 Å². The number of nitrogens with one attached hydrogen (secondary N) is 3. The van der Waals surface area contributed by atoms with Crippen LogP contribution in [0.1, 0.15) is 119 Å². The van der Waals surface area contributed by atoms with Crippen molar-refractivity contribution in [3.05, 3.63) is 81.6 Å². The van der Waals surface area contributed by atoms with Crippen LogP contribution in [-0.4, -0.2) is 110 Å². The topological polar surface area (TPSA) is 177 Å². The maximum atomic E-state index is 13.5. The van der Waals surface area contributed by atoms with Crippen molar-refractivity contribution in [2.75, 3.05) is 43.4 Å². The molecule has 1 aliphatic carbocycles. The number of hydrogen-bond donors (Lipinski definition) is 4. The molecule has 1 saturated carbocycles. The van der Waals surface area contributed by atoms with Gasteiger partial charge in [-0.3, -0.25) is 44.0 Å². The Morgan fingerprint density at radius 3 is 2.43 bits per heavy atom. The van der Waals surface area contributed by atoms with Gasteiger partial charge in [-0.25, -0.2) is 9.97 Å². The number of aryl methyl sites for hydroxylation is 1. The molecule has 2 bridgehead atoms. The van der Waals surface area contributed by atoms with Gasteiger partial charge >= 0.3 is 0 Å². The van der Waals surface area contributed by atoms with E-state index in [4.69, 9.17) is 4.98 Å². The lowest BCUT2D eigenvalue weighted by atomic mass is 9.82. The normalized spacial score (nSPS) is 24.7. The van der Waals surface area contributed by atoms with Crippen LogP contribution in [0.2, 0.25) is 0 Å². The zero-order chi connectivity index (χ0) is 41.9. The Balaban J connectivity index is 0.745. The number of imide groups is 2. The smallest absolute Gasteiger partial charge is 0.274 e. The van der Waals surface area contributed by atoms with Crippen LogP contribution in [0.15, 0.2) is 48.5 Å². The minimum atomic E-state index is -1.18. The number of carbonyl (C=O) groups is 5. The summed E-state index contributed by atoms with van der Waals surface area (Å²) in [5.41, 5.74) is 3.15. The van der Waals surface area contributed by atoms with Crippen molar-refractivity contribution in [1.82, 2.24) is 30.0 Å². The van der Waals surface area contributed by atoms with E-state index in [2.05, 4.69) is 30.7 Å². The van der Waals surface area contributed by atoms with Gasteiger partial charge in [-0.05, 0) is 108 Å². The summed E-state index contributed by atoms with van der Waals surface area (Å²) in [5.74, 6) is -1.23. The van der Waals surface area contributed by atoms with Crippen LogP contribution >= 0.6 is 11.3 Å². The van der Waals surface area contributed by atoms with Crippen LogP contribution in [0.3, 0.4) is 0 Å². The van der Waals surface area contributed by atoms with E-state index in [1.165, 1.54) is 19.3 Å². The number of hydrogen-bond acceptors (Lipinski definition) is 12. The van der Waals surface area contributed by atoms with E-state index in [-0.39, 0.29) is 24.3 Å². The molecule has 9 rings (SSSR count). The number of amides is 5. The third-order valence-corrected chi connectivity index (χ3v) is 14.3. The van der Waals surface area contributed by atoms with Gasteiger partial charge in [0.25, 0.3) is 17.7 Å². The summed E-state index contributed by atoms with van der Waals surface area (Å²) in [6.07, 6.45) is 6.86. The van der Waals surface area contributed by atoms with Gasteiger partial charge in [-0.1, -0.05) is 12.1 Å². The minimum Gasteiger partial charge on any atom is -0.386 e. The van der Waals surface area contributed by atoms with Crippen molar-refractivity contribution < 1.29 is 29.1 Å². The number of thiazole rings is 1. The predicted molar refractivity (Wildman–Crippen MR) is 228 cm³/mol. The van der Waals surface area contributed by atoms with E-state index in [0.717, 1.165) is 71.3 Å². The summed E-state index contributed by atoms with van der Waals surface area (Å²) >= 11 is 1.69. The Morgan fingerprint density at radius 1 is 0.933 bits per heavy atom. The number of piperazine rings is 1. The van der Waals surface area contributed by atoms with E-state index in [1.807, 2.05) is 31.2 Å². The highest BCUT2D eigenvalue weighted by Crippen LogP contribution is 2.42. The molecule has 6 heterocycles. The quantitative estimate of drug-likeness (QED) is 0.106. The van der Waals surface area contributed by atoms with Crippen molar-refractivity contribution in [2.45, 2.75) is 102 Å². The molecule has 314 valence electrons. The standard InChI is InChI=1S/C45H52N8O6S/c1-25-7-4-10-33(47-25)40(55)48-34-21-37-35(20-31(34)45(2,3)59)49-42(60-37)27-13-11-26(12-14-27)22-52-24-28-19-29(52)23-51(28)18-6-17-46-32-9-5-8-30-39(32)44(58)53(43(30)57)36-15-16-38(54)50-41(36)56/h4-5,7-10,20-21,26-29,36,46,59H,6,11-19,22-24H2,1-3H3,(H,48,55)(H,50,54,56)/t26-,27-,28-,29-,36?/m1/s1. The highest BCUT2D eigenvalue weighted by atomic mass is 32.1. The van der Waals surface area contributed by atoms with Gasteiger partial charge in [0.15, 0.2) is 0 Å². The Kier molecular flexibility index (Phi) is 10.8. The molecule has 4 N–H and O–H groups in total. The summed E-state index contributed by atoms with van der Waals surface area (Å²) in [6, 6.07) is 14.5. The molecule has 3 saturated heterocycles. The molecular weight excluding hydrogens is 781 g/mol. The number of aliphatic hydroxyl groups is 1. The molecule has 1 unspecified atom stereocenters. The first-order valence-electron chi connectivity index (χ1n) is 21.3. The van der Waals surface area contributed by atoms with Crippen molar-refractivity contribution >= 4 is 62.5 Å². The zero-order valence-corrected chi connectivity index (χ0v) is 35.1. The second-order valence-electron chi connectivity index (χ2n) is 17.8. The SMILES string of the molecule is Cc1cccc(C(=O)Nc2cc3sc([C@H]4CC[C@H](CN5C[C@H]6C[C@@H]5CN6CCCNc5cccc6c5C(=O)N(C5CCC(=O)NC5=O)C6=O)CC4)nc3cc2C(C)(C)O)n1. The fraction of sp³-hybridized carbons (Fsp3) is 0.489. The summed E-state index contributed by atoms with van der Waals surface area (Å²) in [5, 5.41) is 20.8. The molecule has 4 aromatic rings. The van der Waals surface area contributed by atoms with E-state index in [0.29, 0.717) is 58.7 Å². The minimum absolute atomic E-state index is 0.0898. The molecule has 14 nitrogen and oxygen atoms in total. The second kappa shape index (κ2) is 16.1. The number of aromatic nitrogens is 2. The van der Waals surface area contributed by atoms with Crippen LogP contribution in [0.4, 0.5) is 11.4 Å².